The van der Waals surface area contributed by atoms with Crippen molar-refractivity contribution in [3.05, 3.63) is 22.4 Å². The van der Waals surface area contributed by atoms with E-state index in [-0.39, 0.29) is 0 Å². The van der Waals surface area contributed by atoms with Gasteiger partial charge in [-0.15, -0.1) is 23.1 Å². The van der Waals surface area contributed by atoms with Crippen molar-refractivity contribution in [2.45, 2.75) is 12.6 Å². The minimum Gasteiger partial charge on any atom is -0.303 e. The van der Waals surface area contributed by atoms with Crippen LogP contribution < -0.4 is 5.32 Å². The molecule has 1 aliphatic rings. The van der Waals surface area contributed by atoms with Gasteiger partial charge in [-0.3, -0.25) is 4.90 Å². The Labute approximate surface area is 93.7 Å². The van der Waals surface area contributed by atoms with E-state index in [2.05, 4.69) is 34.8 Å². The molecule has 1 aliphatic heterocycles. The second-order valence-corrected chi connectivity index (χ2v) is 5.75. The summed E-state index contributed by atoms with van der Waals surface area (Å²) in [5.41, 5.74) is 0. The Balaban J connectivity index is 1.75. The standard InChI is InChI=1S/C10H16N2S2/c1-12(5-9-7-13-8-11-9)6-10-3-2-4-14-10/h2-4,9,11H,5-8H2,1H3. The second-order valence-electron chi connectivity index (χ2n) is 3.69. The summed E-state index contributed by atoms with van der Waals surface area (Å²) in [5, 5.41) is 5.64. The molecule has 4 heteroatoms. The van der Waals surface area contributed by atoms with E-state index in [1.807, 2.05) is 23.1 Å². The molecule has 0 saturated carbocycles. The lowest BCUT2D eigenvalue weighted by Gasteiger charge is -2.19. The summed E-state index contributed by atoms with van der Waals surface area (Å²) >= 11 is 3.84. The highest BCUT2D eigenvalue weighted by Gasteiger charge is 2.16. The molecule has 2 heterocycles. The average molecular weight is 228 g/mol. The van der Waals surface area contributed by atoms with Crippen molar-refractivity contribution in [1.29, 1.82) is 0 Å². The highest BCUT2D eigenvalue weighted by atomic mass is 32.2. The van der Waals surface area contributed by atoms with Crippen molar-refractivity contribution >= 4 is 23.1 Å². The van der Waals surface area contributed by atoms with Crippen molar-refractivity contribution in [3.63, 3.8) is 0 Å². The Bertz CT molecular complexity index is 255. The molecule has 0 aliphatic carbocycles. The third-order valence-corrected chi connectivity index (χ3v) is 4.20. The number of thiophene rings is 1. The summed E-state index contributed by atoms with van der Waals surface area (Å²) in [7, 11) is 2.20. The summed E-state index contributed by atoms with van der Waals surface area (Å²) in [6, 6.07) is 5.01. The third-order valence-electron chi connectivity index (χ3n) is 2.33. The normalized spacial score (nSPS) is 22.0. The van der Waals surface area contributed by atoms with Gasteiger partial charge in [-0.25, -0.2) is 0 Å². The van der Waals surface area contributed by atoms with Crippen LogP contribution in [0.25, 0.3) is 0 Å². The van der Waals surface area contributed by atoms with Gasteiger partial charge in [0, 0.05) is 35.6 Å². The summed E-state index contributed by atoms with van der Waals surface area (Å²) in [6.45, 7) is 2.24. The maximum absolute atomic E-state index is 3.49. The van der Waals surface area contributed by atoms with Gasteiger partial charge in [0.15, 0.2) is 0 Å². The van der Waals surface area contributed by atoms with Gasteiger partial charge in [0.2, 0.25) is 0 Å². The summed E-state index contributed by atoms with van der Waals surface area (Å²) in [4.78, 5) is 3.85. The van der Waals surface area contributed by atoms with E-state index in [1.165, 1.54) is 10.6 Å². The van der Waals surface area contributed by atoms with E-state index in [0.29, 0.717) is 6.04 Å². The maximum atomic E-state index is 3.49. The fourth-order valence-corrected chi connectivity index (χ4v) is 3.43. The van der Waals surface area contributed by atoms with Crippen LogP contribution >= 0.6 is 23.1 Å². The number of hydrogen-bond donors (Lipinski definition) is 1. The zero-order chi connectivity index (χ0) is 9.80. The van der Waals surface area contributed by atoms with E-state index in [1.54, 1.807) is 0 Å². The number of thioether (sulfide) groups is 1. The molecule has 1 saturated heterocycles. The zero-order valence-corrected chi connectivity index (χ0v) is 10.0. The number of hydrogen-bond acceptors (Lipinski definition) is 4. The summed E-state index contributed by atoms with van der Waals surface area (Å²) in [6.07, 6.45) is 0. The lowest BCUT2D eigenvalue weighted by molar-refractivity contribution is 0.302. The maximum Gasteiger partial charge on any atom is 0.0421 e. The monoisotopic (exact) mass is 228 g/mol. The molecular formula is C10H16N2S2. The SMILES string of the molecule is CN(Cc1cccs1)CC1CSCN1. The largest absolute Gasteiger partial charge is 0.303 e. The van der Waals surface area contributed by atoms with Gasteiger partial charge in [0.05, 0.1) is 0 Å². The summed E-state index contributed by atoms with van der Waals surface area (Å²) in [5.74, 6) is 2.38. The number of nitrogens with one attached hydrogen (secondary N) is 1. The van der Waals surface area contributed by atoms with Crippen molar-refractivity contribution in [2.75, 3.05) is 25.2 Å². The van der Waals surface area contributed by atoms with Crippen LogP contribution in [-0.4, -0.2) is 36.2 Å². The Morgan fingerprint density at radius 3 is 3.21 bits per heavy atom. The average Bonchev–Trinajstić information content (AvgIpc) is 2.76. The first kappa shape index (κ1) is 10.5. The van der Waals surface area contributed by atoms with E-state index in [0.717, 1.165) is 19.0 Å². The van der Waals surface area contributed by atoms with Crippen LogP contribution in [0.5, 0.6) is 0 Å². The van der Waals surface area contributed by atoms with E-state index < -0.39 is 0 Å². The Morgan fingerprint density at radius 2 is 2.57 bits per heavy atom. The lowest BCUT2D eigenvalue weighted by atomic mass is 10.3. The van der Waals surface area contributed by atoms with E-state index >= 15 is 0 Å². The van der Waals surface area contributed by atoms with Gasteiger partial charge in [-0.2, -0.15) is 0 Å². The fourth-order valence-electron chi connectivity index (χ4n) is 1.66. The molecule has 14 heavy (non-hydrogen) atoms. The first-order chi connectivity index (χ1) is 6.84. The minimum absolute atomic E-state index is 0.685. The van der Waals surface area contributed by atoms with E-state index in [9.17, 15) is 0 Å². The summed E-state index contributed by atoms with van der Waals surface area (Å²) < 4.78 is 0. The van der Waals surface area contributed by atoms with Crippen LogP contribution in [0.4, 0.5) is 0 Å². The van der Waals surface area contributed by atoms with Crippen molar-refractivity contribution in [2.24, 2.45) is 0 Å². The van der Waals surface area contributed by atoms with E-state index in [4.69, 9.17) is 0 Å². The minimum atomic E-state index is 0.685. The van der Waals surface area contributed by atoms with Gasteiger partial charge >= 0.3 is 0 Å². The van der Waals surface area contributed by atoms with Crippen molar-refractivity contribution in [1.82, 2.24) is 10.2 Å². The molecule has 0 spiro atoms. The molecule has 0 amide bonds. The first-order valence-corrected chi connectivity index (χ1v) is 6.90. The molecule has 0 bridgehead atoms. The predicted octanol–water partition coefficient (Wildman–Crippen LogP) is 1.84. The van der Waals surface area contributed by atoms with Crippen LogP contribution in [-0.2, 0) is 6.54 Å². The molecule has 1 unspecified atom stereocenters. The quantitative estimate of drug-likeness (QED) is 0.846. The molecule has 1 fully saturated rings. The van der Waals surface area contributed by atoms with Crippen LogP contribution in [0.3, 0.4) is 0 Å². The van der Waals surface area contributed by atoms with Gasteiger partial charge in [-0.05, 0) is 18.5 Å². The Morgan fingerprint density at radius 1 is 1.64 bits per heavy atom. The molecule has 0 aromatic carbocycles. The number of rotatable bonds is 4. The van der Waals surface area contributed by atoms with Gasteiger partial charge < -0.3 is 5.32 Å². The predicted molar refractivity (Wildman–Crippen MR) is 64.9 cm³/mol. The smallest absolute Gasteiger partial charge is 0.0421 e. The van der Waals surface area contributed by atoms with Gasteiger partial charge in [-0.1, -0.05) is 6.07 Å². The molecule has 0 radical (unpaired) electrons. The number of nitrogens with zero attached hydrogens (tertiary/aromatic N) is 1. The van der Waals surface area contributed by atoms with Crippen LogP contribution in [0.2, 0.25) is 0 Å². The third kappa shape index (κ3) is 2.98. The molecule has 2 rings (SSSR count). The molecule has 1 aromatic heterocycles. The van der Waals surface area contributed by atoms with Crippen molar-refractivity contribution in [3.8, 4) is 0 Å². The topological polar surface area (TPSA) is 15.3 Å². The number of likely N-dealkylation sites (N-methyl/N-ethyl adjacent to an activating group) is 1. The molecular weight excluding hydrogens is 212 g/mol. The van der Waals surface area contributed by atoms with Crippen molar-refractivity contribution < 1.29 is 0 Å². The first-order valence-electron chi connectivity index (χ1n) is 4.86. The second kappa shape index (κ2) is 5.16. The van der Waals surface area contributed by atoms with Crippen LogP contribution in [0.15, 0.2) is 17.5 Å². The Hall–Kier alpha value is -0.0300. The zero-order valence-electron chi connectivity index (χ0n) is 8.40. The lowest BCUT2D eigenvalue weighted by Crippen LogP contribution is -2.36. The molecule has 1 atom stereocenters. The van der Waals surface area contributed by atoms with Crippen LogP contribution in [0, 0.1) is 0 Å². The van der Waals surface area contributed by atoms with Gasteiger partial charge in [0.1, 0.15) is 0 Å². The molecule has 2 nitrogen and oxygen atoms in total. The highest BCUT2D eigenvalue weighted by Crippen LogP contribution is 2.13. The molecule has 1 aromatic rings. The fraction of sp³-hybridized carbons (Fsp3) is 0.600. The molecule has 78 valence electrons. The molecule has 1 N–H and O–H groups in total. The van der Waals surface area contributed by atoms with Gasteiger partial charge in [0.25, 0.3) is 0 Å². The van der Waals surface area contributed by atoms with Crippen LogP contribution in [0.1, 0.15) is 4.88 Å². The Kier molecular flexibility index (Phi) is 3.87. The highest BCUT2D eigenvalue weighted by molar-refractivity contribution is 7.99.